The van der Waals surface area contributed by atoms with Crippen molar-refractivity contribution < 1.29 is 14.3 Å². The number of hydrogen-bond donors (Lipinski definition) is 0. The number of aryl methyl sites for hydroxylation is 1. The second-order valence-corrected chi connectivity index (χ2v) is 9.78. The monoisotopic (exact) mass is 443 g/mol. The van der Waals surface area contributed by atoms with Crippen LogP contribution in [0.25, 0.3) is 0 Å². The fourth-order valence-corrected chi connectivity index (χ4v) is 4.27. The van der Waals surface area contributed by atoms with Crippen molar-refractivity contribution in [3.05, 3.63) is 29.3 Å². The maximum atomic E-state index is 13.2. The molecule has 0 N–H and O–H groups in total. The summed E-state index contributed by atoms with van der Waals surface area (Å²) in [5.74, 6) is 0.170. The molecule has 10 nitrogen and oxygen atoms in total. The van der Waals surface area contributed by atoms with E-state index in [1.807, 2.05) is 18.0 Å². The van der Waals surface area contributed by atoms with Crippen LogP contribution in [0.5, 0.6) is 0 Å². The Hall–Kier alpha value is -2.75. The van der Waals surface area contributed by atoms with Crippen LogP contribution in [0.1, 0.15) is 60.3 Å². The minimum Gasteiger partial charge on any atom is -0.378 e. The van der Waals surface area contributed by atoms with Gasteiger partial charge in [0.2, 0.25) is 0 Å². The molecule has 2 aromatic rings. The lowest BCUT2D eigenvalue weighted by Crippen LogP contribution is -2.41. The number of carbonyl (C=O) groups excluding carboxylic acids is 2. The number of rotatable bonds is 4. The number of ether oxygens (including phenoxy) is 1. The molecular weight excluding hydrogens is 410 g/mol. The highest BCUT2D eigenvalue weighted by Gasteiger charge is 2.29. The van der Waals surface area contributed by atoms with Gasteiger partial charge in [0.05, 0.1) is 25.1 Å². The molecule has 0 aliphatic carbocycles. The van der Waals surface area contributed by atoms with Crippen molar-refractivity contribution in [2.75, 3.05) is 39.4 Å². The number of amides is 2. The summed E-state index contributed by atoms with van der Waals surface area (Å²) in [5.41, 5.74) is 1.79. The summed E-state index contributed by atoms with van der Waals surface area (Å²) >= 11 is 0. The van der Waals surface area contributed by atoms with Crippen molar-refractivity contribution in [3.63, 3.8) is 0 Å². The number of carbonyl (C=O) groups is 2. The Morgan fingerprint density at radius 3 is 2.56 bits per heavy atom. The van der Waals surface area contributed by atoms with Crippen LogP contribution in [0.2, 0.25) is 0 Å². The summed E-state index contributed by atoms with van der Waals surface area (Å²) in [4.78, 5) is 29.5. The van der Waals surface area contributed by atoms with Crippen LogP contribution in [0.3, 0.4) is 0 Å². The second kappa shape index (κ2) is 9.01. The molecule has 2 aliphatic heterocycles. The highest BCUT2D eigenvalue weighted by molar-refractivity contribution is 5.93. The lowest BCUT2D eigenvalue weighted by Gasteiger charge is -2.32. The largest absolute Gasteiger partial charge is 0.378 e. The van der Waals surface area contributed by atoms with E-state index in [1.165, 1.54) is 0 Å². The molecule has 2 amide bonds. The quantitative estimate of drug-likeness (QED) is 0.707. The molecule has 174 valence electrons. The molecule has 2 fully saturated rings. The topological polar surface area (TPSA) is 98.4 Å². The van der Waals surface area contributed by atoms with Crippen LogP contribution in [-0.4, -0.2) is 85.8 Å². The second-order valence-electron chi connectivity index (χ2n) is 9.78. The number of aromatic nitrogens is 5. The van der Waals surface area contributed by atoms with Crippen LogP contribution in [0.4, 0.5) is 0 Å². The van der Waals surface area contributed by atoms with Gasteiger partial charge in [0, 0.05) is 45.2 Å². The first kappa shape index (κ1) is 22.4. The average molecular weight is 444 g/mol. The van der Waals surface area contributed by atoms with E-state index in [4.69, 9.17) is 4.74 Å². The average Bonchev–Trinajstić information content (AvgIpc) is 3.40. The normalized spacial score (nSPS) is 19.9. The molecule has 0 saturated carbocycles. The summed E-state index contributed by atoms with van der Waals surface area (Å²) in [6.45, 7) is 10.6. The van der Waals surface area contributed by atoms with Gasteiger partial charge < -0.3 is 14.5 Å². The number of likely N-dealkylation sites (tertiary alicyclic amines) is 1. The smallest absolute Gasteiger partial charge is 0.276 e. The van der Waals surface area contributed by atoms with E-state index < -0.39 is 0 Å². The number of nitrogens with zero attached hydrogens (tertiary/aromatic N) is 7. The third-order valence-corrected chi connectivity index (χ3v) is 6.17. The van der Waals surface area contributed by atoms with Crippen molar-refractivity contribution in [3.8, 4) is 0 Å². The van der Waals surface area contributed by atoms with Crippen molar-refractivity contribution >= 4 is 11.8 Å². The zero-order valence-electron chi connectivity index (χ0n) is 19.5. The van der Waals surface area contributed by atoms with Crippen LogP contribution in [-0.2, 0) is 23.7 Å². The molecule has 2 aliphatic rings. The fourth-order valence-electron chi connectivity index (χ4n) is 4.27. The van der Waals surface area contributed by atoms with Gasteiger partial charge in [-0.1, -0.05) is 26.0 Å². The van der Waals surface area contributed by atoms with Crippen molar-refractivity contribution in [2.24, 2.45) is 13.0 Å². The van der Waals surface area contributed by atoms with Crippen LogP contribution in [0.15, 0.2) is 12.3 Å². The van der Waals surface area contributed by atoms with Gasteiger partial charge in [-0.15, -0.1) is 5.10 Å². The Bertz CT molecular complexity index is 969. The van der Waals surface area contributed by atoms with Gasteiger partial charge >= 0.3 is 0 Å². The highest BCUT2D eigenvalue weighted by Crippen LogP contribution is 2.24. The van der Waals surface area contributed by atoms with Crippen molar-refractivity contribution in [1.29, 1.82) is 0 Å². The molecule has 0 spiro atoms. The number of piperidine rings is 1. The third-order valence-electron chi connectivity index (χ3n) is 6.17. The molecule has 0 unspecified atom stereocenters. The lowest BCUT2D eigenvalue weighted by atomic mass is 9.92. The molecule has 32 heavy (non-hydrogen) atoms. The molecule has 2 saturated heterocycles. The lowest BCUT2D eigenvalue weighted by molar-refractivity contribution is 0.0299. The first-order valence-electron chi connectivity index (χ1n) is 11.3. The SMILES string of the molecule is Cn1nc(C(C)(C)C)cc1C(=O)N1CCC[C@@H](Cn2cc(C(=O)N3CCOCC3)nn2)C1. The van der Waals surface area contributed by atoms with Gasteiger partial charge in [-0.3, -0.25) is 19.0 Å². The van der Waals surface area contributed by atoms with E-state index >= 15 is 0 Å². The standard InChI is InChI=1S/C22H33N7O3/c1-22(2,3)19-12-18(26(4)24-19)21(31)28-7-5-6-16(13-28)14-29-15-17(23-25-29)20(30)27-8-10-32-11-9-27/h12,15-16H,5-11,13-14H2,1-4H3/t16-/m1/s1. The Kier molecular flexibility index (Phi) is 6.32. The fraction of sp³-hybridized carbons (Fsp3) is 0.682. The van der Waals surface area contributed by atoms with E-state index in [-0.39, 0.29) is 23.1 Å². The van der Waals surface area contributed by atoms with Gasteiger partial charge in [0.1, 0.15) is 5.69 Å². The summed E-state index contributed by atoms with van der Waals surface area (Å²) < 4.78 is 8.72. The molecule has 0 bridgehead atoms. The maximum Gasteiger partial charge on any atom is 0.276 e. The zero-order chi connectivity index (χ0) is 22.9. The Balaban J connectivity index is 1.38. The molecule has 4 heterocycles. The van der Waals surface area contributed by atoms with Gasteiger partial charge in [-0.05, 0) is 24.8 Å². The Labute approximate surface area is 188 Å². The maximum absolute atomic E-state index is 13.2. The minimum atomic E-state index is -0.107. The summed E-state index contributed by atoms with van der Waals surface area (Å²) in [5, 5.41) is 12.8. The minimum absolute atomic E-state index is 0.0157. The predicted molar refractivity (Wildman–Crippen MR) is 117 cm³/mol. The van der Waals surface area contributed by atoms with E-state index in [2.05, 4.69) is 36.2 Å². The zero-order valence-corrected chi connectivity index (χ0v) is 19.5. The molecule has 1 atom stereocenters. The Morgan fingerprint density at radius 1 is 1.12 bits per heavy atom. The predicted octanol–water partition coefficient (Wildman–Crippen LogP) is 1.33. The molecule has 2 aromatic heterocycles. The van der Waals surface area contributed by atoms with Gasteiger partial charge in [-0.25, -0.2) is 0 Å². The van der Waals surface area contributed by atoms with Crippen LogP contribution in [0, 0.1) is 5.92 Å². The molecule has 0 radical (unpaired) electrons. The summed E-state index contributed by atoms with van der Waals surface area (Å²) in [6.07, 6.45) is 3.67. The first-order chi connectivity index (χ1) is 15.2. The van der Waals surface area contributed by atoms with Gasteiger partial charge in [0.25, 0.3) is 11.8 Å². The summed E-state index contributed by atoms with van der Waals surface area (Å²) in [7, 11) is 1.83. The molecule has 0 aromatic carbocycles. The van der Waals surface area contributed by atoms with Gasteiger partial charge in [0.15, 0.2) is 5.69 Å². The van der Waals surface area contributed by atoms with E-state index in [1.54, 1.807) is 20.5 Å². The van der Waals surface area contributed by atoms with E-state index in [0.29, 0.717) is 50.8 Å². The highest BCUT2D eigenvalue weighted by atomic mass is 16.5. The molecule has 4 rings (SSSR count). The molecular formula is C22H33N7O3. The number of morpholine rings is 1. The van der Waals surface area contributed by atoms with E-state index in [0.717, 1.165) is 25.1 Å². The summed E-state index contributed by atoms with van der Waals surface area (Å²) in [6, 6.07) is 1.91. The van der Waals surface area contributed by atoms with Crippen molar-refractivity contribution in [1.82, 2.24) is 34.6 Å². The third kappa shape index (κ3) is 4.85. The van der Waals surface area contributed by atoms with Crippen LogP contribution >= 0.6 is 0 Å². The van der Waals surface area contributed by atoms with Gasteiger partial charge in [-0.2, -0.15) is 5.10 Å². The van der Waals surface area contributed by atoms with Crippen LogP contribution < -0.4 is 0 Å². The first-order valence-corrected chi connectivity index (χ1v) is 11.3. The van der Waals surface area contributed by atoms with E-state index in [9.17, 15) is 9.59 Å². The molecule has 10 heteroatoms. The Morgan fingerprint density at radius 2 is 1.88 bits per heavy atom. The van der Waals surface area contributed by atoms with Crippen molar-refractivity contribution in [2.45, 2.75) is 45.6 Å². The number of hydrogen-bond acceptors (Lipinski definition) is 6.